The quantitative estimate of drug-likeness (QED) is 0.413. The Hall–Kier alpha value is -2.54. The summed E-state index contributed by atoms with van der Waals surface area (Å²) in [5.74, 6) is -1.64. The number of likely N-dealkylation sites (N-methyl/N-ethyl adjacent to an activating group) is 1. The predicted molar refractivity (Wildman–Crippen MR) is 86.1 cm³/mol. The first kappa shape index (κ1) is 19.5. The predicted octanol–water partition coefficient (Wildman–Crippen LogP) is 0.172. The Morgan fingerprint density at radius 2 is 2.00 bits per heavy atom. The highest BCUT2D eigenvalue weighted by Gasteiger charge is 2.21. The van der Waals surface area contributed by atoms with Crippen LogP contribution < -0.4 is 9.84 Å². The zero-order valence-corrected chi connectivity index (χ0v) is 14.3. The Bertz CT molecular complexity index is 618. The van der Waals surface area contributed by atoms with Crippen molar-refractivity contribution < 1.29 is 33.8 Å². The molecule has 0 aliphatic carbocycles. The molecule has 1 N–H and O–H groups in total. The molecule has 0 aromatic heterocycles. The number of carbonyl (C=O) groups is 2. The fourth-order valence-corrected chi connectivity index (χ4v) is 2.11. The Balaban J connectivity index is 2.75. The maximum absolute atomic E-state index is 11.9. The molecule has 0 bridgehead atoms. The van der Waals surface area contributed by atoms with Crippen LogP contribution in [0.4, 0.5) is 0 Å². The van der Waals surface area contributed by atoms with Crippen LogP contribution in [0.15, 0.2) is 24.3 Å². The Morgan fingerprint density at radius 1 is 1.33 bits per heavy atom. The fraction of sp³-hybridized carbons (Fsp3) is 0.412. The Labute approximate surface area is 141 Å². The lowest BCUT2D eigenvalue weighted by atomic mass is 10.2. The molecule has 0 heterocycles. The lowest BCUT2D eigenvalue weighted by Crippen LogP contribution is -2.45. The van der Waals surface area contributed by atoms with E-state index in [9.17, 15) is 19.8 Å². The number of quaternary nitrogens is 1. The van der Waals surface area contributed by atoms with Crippen LogP contribution in [-0.2, 0) is 14.3 Å². The van der Waals surface area contributed by atoms with Crippen molar-refractivity contribution in [3.8, 4) is 11.5 Å². The number of carboxylic acid groups (broad SMARTS) is 1. The van der Waals surface area contributed by atoms with Crippen LogP contribution in [0.2, 0.25) is 0 Å². The molecule has 24 heavy (non-hydrogen) atoms. The zero-order chi connectivity index (χ0) is 18.3. The third-order valence-electron chi connectivity index (χ3n) is 3.04. The molecule has 1 aromatic carbocycles. The van der Waals surface area contributed by atoms with Crippen molar-refractivity contribution in [3.63, 3.8) is 0 Å². The summed E-state index contributed by atoms with van der Waals surface area (Å²) in [5, 5.41) is 20.3. The van der Waals surface area contributed by atoms with Crippen molar-refractivity contribution in [1.29, 1.82) is 0 Å². The van der Waals surface area contributed by atoms with Crippen molar-refractivity contribution in [3.05, 3.63) is 29.8 Å². The Kier molecular flexibility index (Phi) is 6.79. The van der Waals surface area contributed by atoms with E-state index in [1.807, 2.05) is 21.1 Å². The van der Waals surface area contributed by atoms with Gasteiger partial charge in [0.25, 0.3) is 0 Å². The SMILES string of the molecule is COc1cc(/C=C/C(=O)O[C@H](CC(=O)[O-])C[N+](C)(C)C)ccc1O. The molecule has 0 unspecified atom stereocenters. The topological polar surface area (TPSA) is 95.9 Å². The number of benzene rings is 1. The van der Waals surface area contributed by atoms with Gasteiger partial charge in [0.15, 0.2) is 17.6 Å². The maximum atomic E-state index is 11.9. The summed E-state index contributed by atoms with van der Waals surface area (Å²) in [6.45, 7) is 0.348. The van der Waals surface area contributed by atoms with Crippen molar-refractivity contribution in [2.24, 2.45) is 0 Å². The van der Waals surface area contributed by atoms with Gasteiger partial charge in [-0.2, -0.15) is 0 Å². The van der Waals surface area contributed by atoms with Gasteiger partial charge in [0.2, 0.25) is 0 Å². The summed E-state index contributed by atoms with van der Waals surface area (Å²) in [4.78, 5) is 22.7. The van der Waals surface area contributed by atoms with Crippen LogP contribution in [0, 0.1) is 0 Å². The first-order chi connectivity index (χ1) is 11.1. The molecule has 0 amide bonds. The first-order valence-electron chi connectivity index (χ1n) is 7.36. The molecule has 0 spiro atoms. The van der Waals surface area contributed by atoms with E-state index in [2.05, 4.69) is 0 Å². The van der Waals surface area contributed by atoms with E-state index in [0.717, 1.165) is 0 Å². The first-order valence-corrected chi connectivity index (χ1v) is 7.36. The van der Waals surface area contributed by atoms with Gasteiger partial charge in [-0.25, -0.2) is 4.79 Å². The van der Waals surface area contributed by atoms with E-state index in [1.165, 1.54) is 25.3 Å². The molecule has 132 valence electrons. The van der Waals surface area contributed by atoms with Crippen LogP contribution >= 0.6 is 0 Å². The van der Waals surface area contributed by atoms with Crippen LogP contribution in [-0.4, -0.2) is 62.4 Å². The zero-order valence-electron chi connectivity index (χ0n) is 14.3. The van der Waals surface area contributed by atoms with Crippen molar-refractivity contribution in [1.82, 2.24) is 0 Å². The number of aromatic hydroxyl groups is 1. The number of aliphatic carboxylic acids is 1. The van der Waals surface area contributed by atoms with Gasteiger partial charge in [-0.3, -0.25) is 0 Å². The number of carbonyl (C=O) groups excluding carboxylic acids is 2. The molecule has 0 saturated heterocycles. The van der Waals surface area contributed by atoms with Gasteiger partial charge in [-0.1, -0.05) is 6.07 Å². The number of methoxy groups -OCH3 is 1. The minimum Gasteiger partial charge on any atom is -0.550 e. The molecule has 0 radical (unpaired) electrons. The van der Waals surface area contributed by atoms with Crippen molar-refractivity contribution >= 4 is 18.0 Å². The van der Waals surface area contributed by atoms with Crippen LogP contribution in [0.5, 0.6) is 11.5 Å². The summed E-state index contributed by atoms with van der Waals surface area (Å²) in [5.41, 5.74) is 0.629. The molecular weight excluding hydrogens is 314 g/mol. The minimum atomic E-state index is -1.27. The second-order valence-corrected chi connectivity index (χ2v) is 6.37. The molecule has 0 fully saturated rings. The monoisotopic (exact) mass is 337 g/mol. The molecule has 1 atom stereocenters. The number of hydrogen-bond donors (Lipinski definition) is 1. The highest BCUT2D eigenvalue weighted by molar-refractivity contribution is 5.87. The fourth-order valence-electron chi connectivity index (χ4n) is 2.11. The lowest BCUT2D eigenvalue weighted by molar-refractivity contribution is -0.873. The van der Waals surface area contributed by atoms with Gasteiger partial charge >= 0.3 is 5.97 Å². The van der Waals surface area contributed by atoms with Gasteiger partial charge in [-0.15, -0.1) is 0 Å². The average Bonchev–Trinajstić information content (AvgIpc) is 2.43. The normalized spacial score (nSPS) is 12.8. The van der Waals surface area contributed by atoms with Crippen LogP contribution in [0.3, 0.4) is 0 Å². The minimum absolute atomic E-state index is 0.00538. The molecule has 7 heteroatoms. The molecule has 0 aliphatic heterocycles. The van der Waals surface area contributed by atoms with E-state index in [1.54, 1.807) is 12.1 Å². The largest absolute Gasteiger partial charge is 0.550 e. The number of phenols is 1. The highest BCUT2D eigenvalue weighted by atomic mass is 16.5. The molecule has 1 aromatic rings. The molecule has 0 aliphatic rings. The second kappa shape index (κ2) is 8.35. The van der Waals surface area contributed by atoms with Crippen molar-refractivity contribution in [2.45, 2.75) is 12.5 Å². The number of esters is 1. The van der Waals surface area contributed by atoms with E-state index in [0.29, 0.717) is 16.6 Å². The van der Waals surface area contributed by atoms with Crippen molar-refractivity contribution in [2.75, 3.05) is 34.8 Å². The van der Waals surface area contributed by atoms with Crippen LogP contribution in [0.1, 0.15) is 12.0 Å². The summed E-state index contributed by atoms with van der Waals surface area (Å²) < 4.78 is 10.6. The average molecular weight is 337 g/mol. The molecular formula is C17H23NO6. The number of ether oxygens (including phenoxy) is 2. The summed E-state index contributed by atoms with van der Waals surface area (Å²) in [6.07, 6.45) is 1.56. The standard InChI is InChI=1S/C17H23NO6/c1-18(2,3)11-13(10-16(20)21)24-17(22)8-6-12-5-7-14(19)15(9-12)23-4/h5-9,13H,10-11H2,1-4H3,(H-,19,20,21,22)/t13-/m1/s1. The summed E-state index contributed by atoms with van der Waals surface area (Å²) in [7, 11) is 7.03. The molecule has 7 nitrogen and oxygen atoms in total. The van der Waals surface area contributed by atoms with Gasteiger partial charge in [0.05, 0.1) is 28.3 Å². The van der Waals surface area contributed by atoms with E-state index < -0.39 is 18.0 Å². The van der Waals surface area contributed by atoms with Gasteiger partial charge in [-0.05, 0) is 23.8 Å². The van der Waals surface area contributed by atoms with E-state index in [-0.39, 0.29) is 17.9 Å². The molecule has 0 saturated carbocycles. The lowest BCUT2D eigenvalue weighted by Gasteiger charge is -2.29. The third kappa shape index (κ3) is 7.15. The van der Waals surface area contributed by atoms with Gasteiger partial charge < -0.3 is 29.0 Å². The van der Waals surface area contributed by atoms with Gasteiger partial charge in [0, 0.05) is 18.5 Å². The van der Waals surface area contributed by atoms with E-state index in [4.69, 9.17) is 9.47 Å². The number of phenolic OH excluding ortho intramolecular Hbond substituents is 1. The Morgan fingerprint density at radius 3 is 2.54 bits per heavy atom. The maximum Gasteiger partial charge on any atom is 0.331 e. The smallest absolute Gasteiger partial charge is 0.331 e. The third-order valence-corrected chi connectivity index (χ3v) is 3.04. The number of carboxylic acids is 1. The number of nitrogens with zero attached hydrogens (tertiary/aromatic N) is 1. The number of rotatable bonds is 8. The second-order valence-electron chi connectivity index (χ2n) is 6.37. The summed E-state index contributed by atoms with van der Waals surface area (Å²) >= 11 is 0. The van der Waals surface area contributed by atoms with Gasteiger partial charge in [0.1, 0.15) is 6.54 Å². The summed E-state index contributed by atoms with van der Waals surface area (Å²) in [6, 6.07) is 4.61. The molecule has 1 rings (SSSR count). The van der Waals surface area contributed by atoms with Crippen LogP contribution in [0.25, 0.3) is 6.08 Å². The highest BCUT2D eigenvalue weighted by Crippen LogP contribution is 2.26. The van der Waals surface area contributed by atoms with E-state index >= 15 is 0 Å². The number of hydrogen-bond acceptors (Lipinski definition) is 6.